The fourth-order valence-corrected chi connectivity index (χ4v) is 5.01. The number of anilines is 1. The van der Waals surface area contributed by atoms with Crippen LogP contribution in [0.15, 0.2) is 76.1 Å². The number of ketones is 1. The Labute approximate surface area is 196 Å². The number of allylic oxidation sites excluding steroid dienone is 2. The second-order valence-corrected chi connectivity index (χ2v) is 9.78. The highest BCUT2D eigenvalue weighted by Gasteiger charge is 2.43. The molecule has 0 radical (unpaired) electrons. The minimum absolute atomic E-state index is 0.0630. The lowest BCUT2D eigenvalue weighted by atomic mass is 9.75. The number of rotatable bonds is 4. The number of Topliss-reactive ketones (excluding diaryl/α,β-unsaturated/α-hetero) is 1. The first-order valence-electron chi connectivity index (χ1n) is 10.2. The first-order valence-corrected chi connectivity index (χ1v) is 12.1. The molecule has 2 aromatic rings. The average Bonchev–Trinajstić information content (AvgIpc) is 2.78. The number of nitrogens with two attached hydrogens (primary N) is 2. The molecule has 33 heavy (non-hydrogen) atoms. The van der Waals surface area contributed by atoms with Crippen LogP contribution in [0.2, 0.25) is 5.02 Å². The lowest BCUT2D eigenvalue weighted by Gasteiger charge is -2.40. The van der Waals surface area contributed by atoms with E-state index in [1.807, 2.05) is 0 Å². The third kappa shape index (κ3) is 4.15. The van der Waals surface area contributed by atoms with Crippen molar-refractivity contribution in [2.75, 3.05) is 12.0 Å². The van der Waals surface area contributed by atoms with E-state index in [0.717, 1.165) is 0 Å². The Morgan fingerprint density at radius 3 is 2.30 bits per heavy atom. The molecule has 0 spiro atoms. The number of hydrogen-bond acceptors (Lipinski definition) is 7. The van der Waals surface area contributed by atoms with E-state index in [0.29, 0.717) is 46.8 Å². The van der Waals surface area contributed by atoms with E-state index in [4.69, 9.17) is 27.2 Å². The van der Waals surface area contributed by atoms with Crippen molar-refractivity contribution in [1.29, 1.82) is 0 Å². The van der Waals surface area contributed by atoms with Crippen molar-refractivity contribution in [3.05, 3.63) is 81.8 Å². The number of halogens is 1. The molecule has 1 heterocycles. The van der Waals surface area contributed by atoms with Gasteiger partial charge in [0, 0.05) is 28.4 Å². The van der Waals surface area contributed by atoms with E-state index in [-0.39, 0.29) is 22.1 Å². The van der Waals surface area contributed by atoms with Crippen LogP contribution in [0.4, 0.5) is 5.69 Å². The van der Waals surface area contributed by atoms with Gasteiger partial charge in [0.25, 0.3) is 0 Å². The summed E-state index contributed by atoms with van der Waals surface area (Å²) in [6, 6.07) is 12.7. The van der Waals surface area contributed by atoms with Crippen molar-refractivity contribution in [2.24, 2.45) is 10.9 Å². The maximum Gasteiger partial charge on any atom is 0.338 e. The van der Waals surface area contributed by atoms with Crippen LogP contribution >= 0.6 is 11.6 Å². The van der Waals surface area contributed by atoms with Crippen molar-refractivity contribution in [1.82, 2.24) is 0 Å². The minimum atomic E-state index is -3.89. The van der Waals surface area contributed by atoms with E-state index in [9.17, 15) is 18.0 Å². The Morgan fingerprint density at radius 1 is 1.09 bits per heavy atom. The van der Waals surface area contributed by atoms with Gasteiger partial charge in [0.1, 0.15) is 5.82 Å². The second-order valence-electron chi connectivity index (χ2n) is 7.79. The summed E-state index contributed by atoms with van der Waals surface area (Å²) < 4.78 is 28.4. The molecule has 0 bridgehead atoms. The van der Waals surface area contributed by atoms with Crippen LogP contribution in [-0.2, 0) is 24.3 Å². The minimum Gasteiger partial charge on any atom is -0.466 e. The van der Waals surface area contributed by atoms with Crippen LogP contribution in [0.5, 0.6) is 0 Å². The first kappa shape index (κ1) is 23.0. The predicted molar refractivity (Wildman–Crippen MR) is 124 cm³/mol. The van der Waals surface area contributed by atoms with E-state index in [2.05, 4.69) is 0 Å². The molecule has 0 fully saturated rings. The maximum atomic E-state index is 13.2. The fraction of sp³-hybridized carbons (Fsp3) is 0.217. The predicted octanol–water partition coefficient (Wildman–Crippen LogP) is 2.94. The molecular formula is C23H22ClN3O5S. The van der Waals surface area contributed by atoms with Crippen molar-refractivity contribution >= 4 is 39.1 Å². The van der Waals surface area contributed by atoms with Gasteiger partial charge in [-0.3, -0.25) is 9.69 Å². The molecule has 2 aromatic carbocycles. The number of carbonyl (C=O) groups excluding carboxylic acids is 2. The molecule has 0 amide bonds. The highest BCUT2D eigenvalue weighted by atomic mass is 35.5. The van der Waals surface area contributed by atoms with Crippen LogP contribution in [-0.4, -0.2) is 27.3 Å². The van der Waals surface area contributed by atoms with Gasteiger partial charge in [0.05, 0.1) is 23.5 Å². The largest absolute Gasteiger partial charge is 0.466 e. The quantitative estimate of drug-likeness (QED) is 0.633. The Balaban J connectivity index is 1.96. The van der Waals surface area contributed by atoms with Crippen LogP contribution in [0.25, 0.3) is 0 Å². The van der Waals surface area contributed by atoms with E-state index < -0.39 is 21.9 Å². The lowest BCUT2D eigenvalue weighted by molar-refractivity contribution is -0.136. The van der Waals surface area contributed by atoms with Crippen LogP contribution < -0.4 is 15.8 Å². The number of nitrogens with zero attached hydrogens (tertiary/aromatic N) is 1. The number of methoxy groups -OCH3 is 1. The van der Waals surface area contributed by atoms with Gasteiger partial charge in [-0.25, -0.2) is 18.4 Å². The Hall–Kier alpha value is -3.14. The number of primary sulfonamides is 1. The van der Waals surface area contributed by atoms with E-state index in [1.54, 1.807) is 29.2 Å². The molecule has 1 aliphatic carbocycles. The normalized spacial score (nSPS) is 18.9. The molecule has 2 aliphatic rings. The third-order valence-electron chi connectivity index (χ3n) is 5.82. The van der Waals surface area contributed by atoms with Crippen molar-refractivity contribution in [2.45, 2.75) is 30.1 Å². The first-order chi connectivity index (χ1) is 15.6. The Kier molecular flexibility index (Phi) is 6.04. The van der Waals surface area contributed by atoms with Gasteiger partial charge in [-0.2, -0.15) is 0 Å². The van der Waals surface area contributed by atoms with Gasteiger partial charge >= 0.3 is 5.97 Å². The molecule has 0 saturated carbocycles. The molecule has 10 heteroatoms. The topological polar surface area (TPSA) is 133 Å². The van der Waals surface area contributed by atoms with Gasteiger partial charge in [0.15, 0.2) is 5.78 Å². The Bertz CT molecular complexity index is 1300. The van der Waals surface area contributed by atoms with Crippen LogP contribution in [0.3, 0.4) is 0 Å². The van der Waals surface area contributed by atoms with E-state index >= 15 is 0 Å². The van der Waals surface area contributed by atoms with Gasteiger partial charge in [-0.1, -0.05) is 23.7 Å². The molecule has 0 unspecified atom stereocenters. The van der Waals surface area contributed by atoms with E-state index in [1.165, 1.54) is 31.4 Å². The molecule has 8 nitrogen and oxygen atoms in total. The summed E-state index contributed by atoms with van der Waals surface area (Å²) in [5, 5.41) is 5.73. The smallest absolute Gasteiger partial charge is 0.338 e. The van der Waals surface area contributed by atoms with Gasteiger partial charge in [-0.15, -0.1) is 0 Å². The summed E-state index contributed by atoms with van der Waals surface area (Å²) in [5.74, 6) is -1.35. The zero-order valence-corrected chi connectivity index (χ0v) is 19.3. The molecule has 1 atom stereocenters. The number of esters is 1. The van der Waals surface area contributed by atoms with Crippen LogP contribution in [0, 0.1) is 0 Å². The maximum absolute atomic E-state index is 13.2. The number of sulfonamides is 1. The molecule has 0 saturated heterocycles. The van der Waals surface area contributed by atoms with Crippen molar-refractivity contribution in [3.63, 3.8) is 0 Å². The number of hydrogen-bond donors (Lipinski definition) is 2. The number of carbonyl (C=O) groups is 2. The van der Waals surface area contributed by atoms with Gasteiger partial charge < -0.3 is 10.5 Å². The molecule has 172 valence electrons. The van der Waals surface area contributed by atoms with Gasteiger partial charge in [0.2, 0.25) is 10.0 Å². The number of benzene rings is 2. The molecule has 4 N–H and O–H groups in total. The van der Waals surface area contributed by atoms with Crippen LogP contribution in [0.1, 0.15) is 30.7 Å². The highest BCUT2D eigenvalue weighted by molar-refractivity contribution is 7.89. The zero-order chi connectivity index (χ0) is 23.9. The summed E-state index contributed by atoms with van der Waals surface area (Å²) in [7, 11) is -2.64. The monoisotopic (exact) mass is 487 g/mol. The number of ether oxygens (including phenoxy) is 1. The third-order valence-corrected chi connectivity index (χ3v) is 7.01. The summed E-state index contributed by atoms with van der Waals surface area (Å²) in [6.45, 7) is 0. The molecule has 4 rings (SSSR count). The second kappa shape index (κ2) is 8.66. The highest BCUT2D eigenvalue weighted by Crippen LogP contribution is 2.46. The van der Waals surface area contributed by atoms with Crippen molar-refractivity contribution in [3.8, 4) is 0 Å². The molecule has 1 aliphatic heterocycles. The summed E-state index contributed by atoms with van der Waals surface area (Å²) in [5.41, 5.74) is 9.01. The Morgan fingerprint density at radius 2 is 1.73 bits per heavy atom. The summed E-state index contributed by atoms with van der Waals surface area (Å²) in [6.07, 6.45) is 1.52. The summed E-state index contributed by atoms with van der Waals surface area (Å²) >= 11 is 6.05. The zero-order valence-electron chi connectivity index (χ0n) is 17.7. The summed E-state index contributed by atoms with van der Waals surface area (Å²) in [4.78, 5) is 27.7. The van der Waals surface area contributed by atoms with Crippen molar-refractivity contribution < 1.29 is 22.7 Å². The molecular weight excluding hydrogens is 466 g/mol. The standard InChI is InChI=1S/C23H22ClN3O5S/c1-32-23(29)21-19(13-5-7-14(24)8-6-13)20-17(3-2-4-18(20)28)27(22(21)25)15-9-11-16(12-10-15)33(26,30)31/h5-12,19H,2-4,25H2,1H3,(H2,26,30,31)/t19-/m1/s1. The average molecular weight is 488 g/mol. The fourth-order valence-electron chi connectivity index (χ4n) is 4.37. The SMILES string of the molecule is COC(=O)C1=C(N)N(c2ccc(S(N)(=O)=O)cc2)C2=C(C(=O)CCC2)[C@H]1c1ccc(Cl)cc1. The molecule has 0 aromatic heterocycles. The lowest BCUT2D eigenvalue weighted by Crippen LogP contribution is -2.40. The van der Waals surface area contributed by atoms with Gasteiger partial charge in [-0.05, 0) is 54.8 Å².